The first-order valence-corrected chi connectivity index (χ1v) is 7.67. The molecular weight excluding hydrogens is 310 g/mol. The van der Waals surface area contributed by atoms with Crippen molar-refractivity contribution in [1.29, 1.82) is 0 Å². The molecule has 2 aromatic rings. The number of carbonyl (C=O) groups excluding carboxylic acids is 2. The molecule has 0 radical (unpaired) electrons. The van der Waals surface area contributed by atoms with Gasteiger partial charge in [-0.3, -0.25) is 4.79 Å². The minimum Gasteiger partial charge on any atom is -0.462 e. The molecule has 2 N–H and O–H groups in total. The Kier molecular flexibility index (Phi) is 4.33. The summed E-state index contributed by atoms with van der Waals surface area (Å²) in [5, 5.41) is 3.74. The van der Waals surface area contributed by atoms with Crippen LogP contribution in [-0.2, 0) is 19.1 Å². The van der Waals surface area contributed by atoms with Gasteiger partial charge in [0.2, 0.25) is 11.7 Å². The van der Waals surface area contributed by atoms with Crippen molar-refractivity contribution >= 4 is 28.9 Å². The summed E-state index contributed by atoms with van der Waals surface area (Å²) in [7, 11) is 0. The Labute approximate surface area is 138 Å². The van der Waals surface area contributed by atoms with Gasteiger partial charge in [0.15, 0.2) is 11.3 Å². The maximum atomic E-state index is 12.6. The van der Waals surface area contributed by atoms with E-state index in [4.69, 9.17) is 9.47 Å². The summed E-state index contributed by atoms with van der Waals surface area (Å²) >= 11 is 0. The van der Waals surface area contributed by atoms with E-state index in [9.17, 15) is 9.59 Å². The van der Waals surface area contributed by atoms with E-state index >= 15 is 0 Å². The zero-order valence-electron chi connectivity index (χ0n) is 13.4. The smallest absolute Gasteiger partial charge is 0.347 e. The number of fused-ring (bicyclic) bond motifs is 1. The average molecular weight is 327 g/mol. The van der Waals surface area contributed by atoms with Crippen LogP contribution in [0.1, 0.15) is 19.4 Å². The molecule has 0 saturated carbocycles. The van der Waals surface area contributed by atoms with Crippen LogP contribution in [0.2, 0.25) is 0 Å². The SMILES string of the molecule is CCNC1=C(C(=O)OCC)C(=O)C(=Cc2c[nH]c3ncccc23)O1. The number of ketones is 1. The van der Waals surface area contributed by atoms with E-state index < -0.39 is 11.8 Å². The molecular formula is C17H17N3O4. The maximum absolute atomic E-state index is 12.6. The van der Waals surface area contributed by atoms with E-state index in [2.05, 4.69) is 15.3 Å². The first-order chi connectivity index (χ1) is 11.7. The topological polar surface area (TPSA) is 93.3 Å². The van der Waals surface area contributed by atoms with Gasteiger partial charge >= 0.3 is 5.97 Å². The largest absolute Gasteiger partial charge is 0.462 e. The molecule has 1 aliphatic heterocycles. The molecule has 1 aliphatic rings. The van der Waals surface area contributed by atoms with Crippen molar-refractivity contribution in [2.75, 3.05) is 13.2 Å². The molecule has 24 heavy (non-hydrogen) atoms. The van der Waals surface area contributed by atoms with Crippen LogP contribution in [0.4, 0.5) is 0 Å². The molecule has 0 aliphatic carbocycles. The summed E-state index contributed by atoms with van der Waals surface area (Å²) in [6, 6.07) is 3.69. The van der Waals surface area contributed by atoms with Gasteiger partial charge in [-0.2, -0.15) is 0 Å². The highest BCUT2D eigenvalue weighted by molar-refractivity contribution is 6.26. The molecule has 0 bridgehead atoms. The molecule has 0 aromatic carbocycles. The number of allylic oxidation sites excluding steroid dienone is 1. The molecule has 0 atom stereocenters. The van der Waals surface area contributed by atoms with Crippen LogP contribution in [0.5, 0.6) is 0 Å². The first kappa shape index (κ1) is 15.8. The van der Waals surface area contributed by atoms with Gasteiger partial charge in [0, 0.05) is 29.9 Å². The summed E-state index contributed by atoms with van der Waals surface area (Å²) in [5.41, 5.74) is 1.35. The quantitative estimate of drug-likeness (QED) is 0.495. The summed E-state index contributed by atoms with van der Waals surface area (Å²) in [6.07, 6.45) is 5.00. The normalized spacial score (nSPS) is 15.9. The number of Topliss-reactive ketones (excluding diaryl/α,β-unsaturated/α-hetero) is 1. The Hall–Kier alpha value is -3.09. The van der Waals surface area contributed by atoms with Gasteiger partial charge in [0.25, 0.3) is 0 Å². The lowest BCUT2D eigenvalue weighted by molar-refractivity contribution is -0.139. The third-order valence-corrected chi connectivity index (χ3v) is 3.48. The fourth-order valence-corrected chi connectivity index (χ4v) is 2.44. The number of ether oxygens (including phenoxy) is 2. The van der Waals surface area contributed by atoms with Gasteiger partial charge < -0.3 is 19.8 Å². The summed E-state index contributed by atoms with van der Waals surface area (Å²) in [4.78, 5) is 31.8. The number of rotatable bonds is 5. The van der Waals surface area contributed by atoms with Crippen molar-refractivity contribution in [2.45, 2.75) is 13.8 Å². The highest BCUT2D eigenvalue weighted by Gasteiger charge is 2.36. The zero-order valence-corrected chi connectivity index (χ0v) is 13.4. The Morgan fingerprint density at radius 2 is 2.29 bits per heavy atom. The number of aromatic amines is 1. The van der Waals surface area contributed by atoms with Crippen LogP contribution >= 0.6 is 0 Å². The molecule has 7 nitrogen and oxygen atoms in total. The fraction of sp³-hybridized carbons (Fsp3) is 0.235. The number of hydrogen-bond acceptors (Lipinski definition) is 6. The van der Waals surface area contributed by atoms with Gasteiger partial charge in [-0.25, -0.2) is 9.78 Å². The lowest BCUT2D eigenvalue weighted by atomic mass is 10.1. The Balaban J connectivity index is 1.96. The van der Waals surface area contributed by atoms with Crippen molar-refractivity contribution in [1.82, 2.24) is 15.3 Å². The second kappa shape index (κ2) is 6.57. The molecule has 2 aromatic heterocycles. The van der Waals surface area contributed by atoms with E-state index in [0.717, 1.165) is 10.9 Å². The number of nitrogens with zero attached hydrogens (tertiary/aromatic N) is 1. The Morgan fingerprint density at radius 1 is 1.46 bits per heavy atom. The molecule has 7 heteroatoms. The van der Waals surface area contributed by atoms with E-state index in [0.29, 0.717) is 12.2 Å². The minimum absolute atomic E-state index is 0.0683. The zero-order chi connectivity index (χ0) is 17.1. The predicted molar refractivity (Wildman–Crippen MR) is 87.5 cm³/mol. The number of carbonyl (C=O) groups is 2. The van der Waals surface area contributed by atoms with E-state index in [1.165, 1.54) is 0 Å². The van der Waals surface area contributed by atoms with E-state index in [1.54, 1.807) is 25.4 Å². The number of H-pyrrole nitrogens is 1. The van der Waals surface area contributed by atoms with Gasteiger partial charge in [0.05, 0.1) is 6.61 Å². The monoisotopic (exact) mass is 327 g/mol. The van der Waals surface area contributed by atoms with Gasteiger partial charge in [-0.1, -0.05) is 0 Å². The van der Waals surface area contributed by atoms with Gasteiger partial charge in [0.1, 0.15) is 5.65 Å². The third kappa shape index (κ3) is 2.76. The number of aromatic nitrogens is 2. The molecule has 0 spiro atoms. The molecule has 0 amide bonds. The second-order valence-corrected chi connectivity index (χ2v) is 5.04. The van der Waals surface area contributed by atoms with Crippen molar-refractivity contribution in [3.63, 3.8) is 0 Å². The van der Waals surface area contributed by atoms with Crippen LogP contribution in [-0.4, -0.2) is 34.9 Å². The van der Waals surface area contributed by atoms with Gasteiger partial charge in [-0.15, -0.1) is 0 Å². The van der Waals surface area contributed by atoms with Gasteiger partial charge in [-0.05, 0) is 32.1 Å². The number of pyridine rings is 1. The maximum Gasteiger partial charge on any atom is 0.347 e. The lowest BCUT2D eigenvalue weighted by Crippen LogP contribution is -2.19. The average Bonchev–Trinajstić information content (AvgIpc) is 3.11. The molecule has 3 heterocycles. The number of nitrogens with one attached hydrogen (secondary N) is 2. The number of hydrogen-bond donors (Lipinski definition) is 2. The molecule has 124 valence electrons. The summed E-state index contributed by atoms with van der Waals surface area (Å²) in [6.45, 7) is 4.22. The van der Waals surface area contributed by atoms with E-state index in [1.807, 2.05) is 19.1 Å². The van der Waals surface area contributed by atoms with Crippen molar-refractivity contribution in [2.24, 2.45) is 0 Å². The first-order valence-electron chi connectivity index (χ1n) is 7.67. The Bertz CT molecular complexity index is 864. The molecule has 3 rings (SSSR count). The highest BCUT2D eigenvalue weighted by Crippen LogP contribution is 2.28. The van der Waals surface area contributed by atoms with Crippen LogP contribution in [0.25, 0.3) is 17.1 Å². The van der Waals surface area contributed by atoms with Crippen molar-refractivity contribution < 1.29 is 19.1 Å². The second-order valence-electron chi connectivity index (χ2n) is 5.04. The van der Waals surface area contributed by atoms with Crippen molar-refractivity contribution in [3.8, 4) is 0 Å². The standard InChI is InChI=1S/C17H17N3O4/c1-3-18-16-13(17(22)23-4-2)14(21)12(24-16)8-10-9-20-15-11(10)6-5-7-19-15/h5-9,18H,3-4H2,1-2H3,(H,19,20). The minimum atomic E-state index is -0.692. The third-order valence-electron chi connectivity index (χ3n) is 3.48. The van der Waals surface area contributed by atoms with Crippen LogP contribution in [0, 0.1) is 0 Å². The van der Waals surface area contributed by atoms with Crippen LogP contribution in [0.15, 0.2) is 41.7 Å². The molecule has 0 saturated heterocycles. The Morgan fingerprint density at radius 3 is 3.04 bits per heavy atom. The summed E-state index contributed by atoms with van der Waals surface area (Å²) in [5.74, 6) is -0.992. The van der Waals surface area contributed by atoms with Crippen molar-refractivity contribution in [3.05, 3.63) is 47.3 Å². The highest BCUT2D eigenvalue weighted by atomic mass is 16.5. The van der Waals surface area contributed by atoms with Crippen LogP contribution < -0.4 is 5.32 Å². The molecule has 0 fully saturated rings. The molecule has 0 unspecified atom stereocenters. The lowest BCUT2D eigenvalue weighted by Gasteiger charge is -2.05. The van der Waals surface area contributed by atoms with Crippen LogP contribution in [0.3, 0.4) is 0 Å². The summed E-state index contributed by atoms with van der Waals surface area (Å²) < 4.78 is 10.5. The van der Waals surface area contributed by atoms with E-state index in [-0.39, 0.29) is 23.8 Å². The number of esters is 1. The fourth-order valence-electron chi connectivity index (χ4n) is 2.44. The predicted octanol–water partition coefficient (Wildman–Crippen LogP) is 1.89.